The lowest BCUT2D eigenvalue weighted by Gasteiger charge is -2.32. The van der Waals surface area contributed by atoms with E-state index in [1.54, 1.807) is 0 Å². The number of piperidine rings is 1. The Balaban J connectivity index is 1.22. The van der Waals surface area contributed by atoms with Gasteiger partial charge < -0.3 is 9.64 Å². The predicted molar refractivity (Wildman–Crippen MR) is 150 cm³/mol. The van der Waals surface area contributed by atoms with Crippen molar-refractivity contribution in [2.24, 2.45) is 5.92 Å². The molecule has 0 bridgehead atoms. The molecule has 1 aromatic heterocycles. The third-order valence-corrected chi connectivity index (χ3v) is 7.68. The molecule has 0 atom stereocenters. The van der Waals surface area contributed by atoms with Crippen LogP contribution in [-0.2, 0) is 19.5 Å². The third kappa shape index (κ3) is 7.89. The van der Waals surface area contributed by atoms with Gasteiger partial charge in [-0.25, -0.2) is 9.48 Å². The molecule has 2 heterocycles. The molecule has 0 unspecified atom stereocenters. The lowest BCUT2D eigenvalue weighted by molar-refractivity contribution is 0.180. The monoisotopic (exact) mass is 568 g/mol. The second-order valence-electron chi connectivity index (χ2n) is 10.2. The molecule has 4 rings (SSSR count). The van der Waals surface area contributed by atoms with Gasteiger partial charge in [0.2, 0.25) is 0 Å². The molecule has 198 valence electrons. The number of hydrogen-bond acceptors (Lipinski definition) is 5. The van der Waals surface area contributed by atoms with E-state index in [4.69, 9.17) is 4.74 Å². The molecule has 0 radical (unpaired) electrons. The first-order valence-corrected chi connectivity index (χ1v) is 14.1. The molecule has 8 heteroatoms. The molecular weight excluding hydrogens is 532 g/mol. The fraction of sp³-hybridized carbons (Fsp3) is 0.483. The molecule has 0 aliphatic carbocycles. The summed E-state index contributed by atoms with van der Waals surface area (Å²) in [4.78, 5) is 27.6. The molecule has 0 spiro atoms. The standard InChI is InChI=1S/C29H37BrN4O3/c1-22(2)37-26-10-11-27(30)25(19-26)18-23-12-16-32(17-13-23)14-6-7-15-34-29(36)33(28(35)20-31-34)21-24-8-4-3-5-9-24/h3-5,8-11,19-20,22-23H,6-7,12-18,21H2,1-2H3. The van der Waals surface area contributed by atoms with Crippen LogP contribution in [0.3, 0.4) is 0 Å². The lowest BCUT2D eigenvalue weighted by atomic mass is 9.90. The first-order chi connectivity index (χ1) is 17.9. The van der Waals surface area contributed by atoms with Crippen LogP contribution in [0.25, 0.3) is 0 Å². The number of aryl methyl sites for hydroxylation is 1. The second-order valence-corrected chi connectivity index (χ2v) is 11.0. The molecule has 0 amide bonds. The number of likely N-dealkylation sites (tertiary alicyclic amines) is 1. The van der Waals surface area contributed by atoms with E-state index in [9.17, 15) is 9.59 Å². The number of aromatic nitrogens is 3. The van der Waals surface area contributed by atoms with Gasteiger partial charge in [-0.1, -0.05) is 46.3 Å². The molecule has 0 N–H and O–H groups in total. The lowest BCUT2D eigenvalue weighted by Crippen LogP contribution is -2.41. The highest BCUT2D eigenvalue weighted by Crippen LogP contribution is 2.29. The van der Waals surface area contributed by atoms with Crippen molar-refractivity contribution in [3.05, 3.63) is 91.2 Å². The summed E-state index contributed by atoms with van der Waals surface area (Å²) in [7, 11) is 0. The summed E-state index contributed by atoms with van der Waals surface area (Å²) in [6.07, 6.45) is 6.71. The minimum atomic E-state index is -0.362. The summed E-state index contributed by atoms with van der Waals surface area (Å²) >= 11 is 3.71. The van der Waals surface area contributed by atoms with Crippen molar-refractivity contribution in [3.8, 4) is 5.75 Å². The number of benzene rings is 2. The van der Waals surface area contributed by atoms with Crippen molar-refractivity contribution in [1.29, 1.82) is 0 Å². The molecule has 3 aromatic rings. The maximum absolute atomic E-state index is 12.8. The normalized spacial score (nSPS) is 14.8. The molecule has 1 saturated heterocycles. The van der Waals surface area contributed by atoms with Crippen LogP contribution in [0.2, 0.25) is 0 Å². The number of rotatable bonds is 11. The Hall–Kier alpha value is -2.71. The molecule has 7 nitrogen and oxygen atoms in total. The average Bonchev–Trinajstić information content (AvgIpc) is 2.89. The maximum atomic E-state index is 12.8. The average molecular weight is 570 g/mol. The summed E-state index contributed by atoms with van der Waals surface area (Å²) < 4.78 is 9.72. The molecule has 37 heavy (non-hydrogen) atoms. The van der Waals surface area contributed by atoms with Gasteiger partial charge in [0.15, 0.2) is 0 Å². The van der Waals surface area contributed by atoms with Crippen LogP contribution in [0.4, 0.5) is 0 Å². The first kappa shape index (κ1) is 27.3. The fourth-order valence-electron chi connectivity index (χ4n) is 4.91. The summed E-state index contributed by atoms with van der Waals surface area (Å²) in [6.45, 7) is 8.11. The van der Waals surface area contributed by atoms with Gasteiger partial charge in [-0.15, -0.1) is 0 Å². The Labute approximate surface area is 227 Å². The van der Waals surface area contributed by atoms with Crippen molar-refractivity contribution in [1.82, 2.24) is 19.2 Å². The van der Waals surface area contributed by atoms with Crippen molar-refractivity contribution in [2.45, 2.75) is 65.1 Å². The van der Waals surface area contributed by atoms with Gasteiger partial charge in [-0.3, -0.25) is 9.36 Å². The Morgan fingerprint density at radius 2 is 1.76 bits per heavy atom. The van der Waals surface area contributed by atoms with E-state index < -0.39 is 0 Å². The summed E-state index contributed by atoms with van der Waals surface area (Å²) in [5.74, 6) is 1.62. The van der Waals surface area contributed by atoms with E-state index >= 15 is 0 Å². The number of hydrogen-bond donors (Lipinski definition) is 0. The molecule has 1 aliphatic heterocycles. The SMILES string of the molecule is CC(C)Oc1ccc(Br)c(CC2CCN(CCCCn3ncc(=O)n(Cc4ccccc4)c3=O)CC2)c1. The van der Waals surface area contributed by atoms with Crippen LogP contribution in [-0.4, -0.2) is 45.0 Å². The van der Waals surface area contributed by atoms with Crippen molar-refractivity contribution >= 4 is 15.9 Å². The molecular formula is C29H37BrN4O3. The molecule has 2 aromatic carbocycles. The van der Waals surface area contributed by atoms with E-state index in [-0.39, 0.29) is 23.9 Å². The summed E-state index contributed by atoms with van der Waals surface area (Å²) in [5, 5.41) is 4.09. The first-order valence-electron chi connectivity index (χ1n) is 13.3. The van der Waals surface area contributed by atoms with Gasteiger partial charge in [-0.05, 0) is 101 Å². The Bertz CT molecular complexity index is 1260. The van der Waals surface area contributed by atoms with Crippen LogP contribution < -0.4 is 16.0 Å². The number of halogens is 1. The minimum absolute atomic E-state index is 0.174. The second kappa shape index (κ2) is 13.2. The highest BCUT2D eigenvalue weighted by Gasteiger charge is 2.20. The number of unbranched alkanes of at least 4 members (excludes halogenated alkanes) is 1. The van der Waals surface area contributed by atoms with Crippen LogP contribution >= 0.6 is 15.9 Å². The van der Waals surface area contributed by atoms with Gasteiger partial charge in [0.25, 0.3) is 5.56 Å². The Morgan fingerprint density at radius 1 is 1.03 bits per heavy atom. The highest BCUT2D eigenvalue weighted by molar-refractivity contribution is 9.10. The van der Waals surface area contributed by atoms with Crippen LogP contribution in [0.5, 0.6) is 5.75 Å². The van der Waals surface area contributed by atoms with Crippen molar-refractivity contribution in [2.75, 3.05) is 19.6 Å². The van der Waals surface area contributed by atoms with Crippen molar-refractivity contribution in [3.63, 3.8) is 0 Å². The third-order valence-electron chi connectivity index (χ3n) is 6.91. The highest BCUT2D eigenvalue weighted by atomic mass is 79.9. The Morgan fingerprint density at radius 3 is 2.49 bits per heavy atom. The molecule has 1 aliphatic rings. The van der Waals surface area contributed by atoms with Gasteiger partial charge >= 0.3 is 5.69 Å². The zero-order chi connectivity index (χ0) is 26.2. The van der Waals surface area contributed by atoms with E-state index in [2.05, 4.69) is 51.9 Å². The number of ether oxygens (including phenoxy) is 1. The van der Waals surface area contributed by atoms with E-state index in [1.807, 2.05) is 36.4 Å². The van der Waals surface area contributed by atoms with Gasteiger partial charge in [0.1, 0.15) is 11.9 Å². The minimum Gasteiger partial charge on any atom is -0.491 e. The topological polar surface area (TPSA) is 69.4 Å². The van der Waals surface area contributed by atoms with Gasteiger partial charge in [0.05, 0.1) is 12.6 Å². The quantitative estimate of drug-likeness (QED) is 0.312. The zero-order valence-corrected chi connectivity index (χ0v) is 23.4. The van der Waals surface area contributed by atoms with E-state index in [0.717, 1.165) is 54.7 Å². The largest absolute Gasteiger partial charge is 0.491 e. The molecule has 1 fully saturated rings. The molecule has 0 saturated carbocycles. The smallest absolute Gasteiger partial charge is 0.347 e. The maximum Gasteiger partial charge on any atom is 0.347 e. The van der Waals surface area contributed by atoms with Crippen molar-refractivity contribution < 1.29 is 4.74 Å². The summed E-state index contributed by atoms with van der Waals surface area (Å²) in [5.41, 5.74) is 1.54. The van der Waals surface area contributed by atoms with Gasteiger partial charge in [0, 0.05) is 11.0 Å². The zero-order valence-electron chi connectivity index (χ0n) is 21.8. The number of nitrogens with zero attached hydrogens (tertiary/aromatic N) is 4. The summed E-state index contributed by atoms with van der Waals surface area (Å²) in [6, 6.07) is 15.8. The van der Waals surface area contributed by atoms with Crippen LogP contribution in [0, 0.1) is 5.92 Å². The fourth-order valence-corrected chi connectivity index (χ4v) is 5.32. The van der Waals surface area contributed by atoms with Crippen LogP contribution in [0.15, 0.2) is 68.8 Å². The Kier molecular flexibility index (Phi) is 9.75. The van der Waals surface area contributed by atoms with E-state index in [0.29, 0.717) is 12.5 Å². The van der Waals surface area contributed by atoms with Gasteiger partial charge in [-0.2, -0.15) is 5.10 Å². The van der Waals surface area contributed by atoms with Crippen LogP contribution in [0.1, 0.15) is 50.7 Å². The predicted octanol–water partition coefficient (Wildman–Crippen LogP) is 4.74. The van der Waals surface area contributed by atoms with E-state index in [1.165, 1.54) is 33.9 Å².